The number of H-pyrrole nitrogens is 1. The van der Waals surface area contributed by atoms with Crippen molar-refractivity contribution in [2.75, 3.05) is 20.8 Å². The molecule has 0 fully saturated rings. The maximum absolute atomic E-state index is 11.5. The summed E-state index contributed by atoms with van der Waals surface area (Å²) >= 11 is 0. The zero-order valence-corrected chi connectivity index (χ0v) is 20.4. The Kier molecular flexibility index (Phi) is 7.77. The molecule has 4 rings (SSSR count). The highest BCUT2D eigenvalue weighted by Gasteiger charge is 2.16. The largest absolute Gasteiger partial charge is 0.493 e. The first-order valence-corrected chi connectivity index (χ1v) is 11.8. The first kappa shape index (κ1) is 24.4. The molecule has 2 N–H and O–H groups in total. The Hall–Kier alpha value is -3.71. The fraction of sp³-hybridized carbons (Fsp3) is 0.321. The van der Waals surface area contributed by atoms with Gasteiger partial charge in [0.05, 0.1) is 20.3 Å². The number of aromatic nitrogens is 2. The Labute approximate surface area is 204 Å². The lowest BCUT2D eigenvalue weighted by Gasteiger charge is -2.17. The molecule has 0 spiro atoms. The van der Waals surface area contributed by atoms with Crippen molar-refractivity contribution in [2.45, 2.75) is 38.8 Å². The number of rotatable bonds is 11. The SMILES string of the molecule is CCCc1ccn(Cc2ccc(OC)c(OC)c2)c1CC(O)COc1ccc2[nH]c(=O)ccc2c1. The van der Waals surface area contributed by atoms with Gasteiger partial charge in [0.25, 0.3) is 0 Å². The monoisotopic (exact) mass is 476 g/mol. The van der Waals surface area contributed by atoms with Crippen molar-refractivity contribution in [1.82, 2.24) is 9.55 Å². The average molecular weight is 477 g/mol. The molecule has 2 aromatic heterocycles. The van der Waals surface area contributed by atoms with Crippen LogP contribution < -0.4 is 19.8 Å². The molecule has 35 heavy (non-hydrogen) atoms. The number of methoxy groups -OCH3 is 2. The molecule has 7 heteroatoms. The van der Waals surface area contributed by atoms with Gasteiger partial charge < -0.3 is 28.9 Å². The van der Waals surface area contributed by atoms with Gasteiger partial charge in [0.15, 0.2) is 11.5 Å². The van der Waals surface area contributed by atoms with Gasteiger partial charge in [0.2, 0.25) is 5.56 Å². The molecule has 0 saturated carbocycles. The highest BCUT2D eigenvalue weighted by molar-refractivity contribution is 5.79. The van der Waals surface area contributed by atoms with Crippen LogP contribution in [0.4, 0.5) is 0 Å². The number of aryl methyl sites for hydroxylation is 1. The number of aliphatic hydroxyl groups excluding tert-OH is 1. The zero-order chi connectivity index (χ0) is 24.8. The summed E-state index contributed by atoms with van der Waals surface area (Å²) in [6, 6.07) is 16.8. The molecule has 0 bridgehead atoms. The Balaban J connectivity index is 1.47. The van der Waals surface area contributed by atoms with Crippen molar-refractivity contribution in [3.8, 4) is 17.2 Å². The quantitative estimate of drug-likeness (QED) is 0.337. The van der Waals surface area contributed by atoms with Crippen molar-refractivity contribution in [1.29, 1.82) is 0 Å². The number of ether oxygens (including phenoxy) is 3. The van der Waals surface area contributed by atoms with Crippen LogP contribution in [0.15, 0.2) is 65.6 Å². The van der Waals surface area contributed by atoms with Crippen molar-refractivity contribution < 1.29 is 19.3 Å². The second-order valence-corrected chi connectivity index (χ2v) is 8.60. The molecule has 0 aliphatic carbocycles. The lowest BCUT2D eigenvalue weighted by Crippen LogP contribution is -2.22. The van der Waals surface area contributed by atoms with Crippen LogP contribution in [-0.2, 0) is 19.4 Å². The summed E-state index contributed by atoms with van der Waals surface area (Å²) < 4.78 is 18.9. The van der Waals surface area contributed by atoms with Crippen LogP contribution in [0.25, 0.3) is 10.9 Å². The van der Waals surface area contributed by atoms with E-state index in [-0.39, 0.29) is 12.2 Å². The molecule has 1 unspecified atom stereocenters. The molecule has 0 radical (unpaired) electrons. The predicted molar refractivity (Wildman–Crippen MR) is 137 cm³/mol. The number of aromatic amines is 1. The van der Waals surface area contributed by atoms with Gasteiger partial charge in [-0.25, -0.2) is 0 Å². The van der Waals surface area contributed by atoms with E-state index in [0.717, 1.165) is 35.0 Å². The van der Waals surface area contributed by atoms with Gasteiger partial charge in [-0.3, -0.25) is 4.79 Å². The normalized spacial score (nSPS) is 12.0. The summed E-state index contributed by atoms with van der Waals surface area (Å²) in [5, 5.41) is 11.7. The predicted octanol–water partition coefficient (Wildman–Crippen LogP) is 4.33. The molecule has 2 heterocycles. The van der Waals surface area contributed by atoms with Crippen LogP contribution in [0.1, 0.15) is 30.2 Å². The average Bonchev–Trinajstić information content (AvgIpc) is 3.23. The summed E-state index contributed by atoms with van der Waals surface area (Å²) in [6.45, 7) is 2.99. The third-order valence-corrected chi connectivity index (χ3v) is 6.06. The van der Waals surface area contributed by atoms with Gasteiger partial charge in [-0.1, -0.05) is 19.4 Å². The fourth-order valence-electron chi connectivity index (χ4n) is 4.32. The molecule has 0 aliphatic heterocycles. The maximum Gasteiger partial charge on any atom is 0.248 e. The van der Waals surface area contributed by atoms with E-state index in [9.17, 15) is 9.90 Å². The van der Waals surface area contributed by atoms with E-state index in [1.807, 2.05) is 30.3 Å². The molecule has 1 atom stereocenters. The molecule has 4 aromatic rings. The first-order chi connectivity index (χ1) is 17.0. The third kappa shape index (κ3) is 5.87. The second kappa shape index (κ2) is 11.1. The van der Waals surface area contributed by atoms with Gasteiger partial charge in [-0.15, -0.1) is 0 Å². The van der Waals surface area contributed by atoms with Crippen LogP contribution in [0.3, 0.4) is 0 Å². The number of fused-ring (bicyclic) bond motifs is 1. The van der Waals surface area contributed by atoms with E-state index in [4.69, 9.17) is 14.2 Å². The van der Waals surface area contributed by atoms with E-state index < -0.39 is 6.10 Å². The van der Waals surface area contributed by atoms with Gasteiger partial charge in [-0.2, -0.15) is 0 Å². The van der Waals surface area contributed by atoms with Crippen LogP contribution in [0, 0.1) is 0 Å². The fourth-order valence-corrected chi connectivity index (χ4v) is 4.32. The number of aliphatic hydroxyl groups is 1. The van der Waals surface area contributed by atoms with Crippen LogP contribution >= 0.6 is 0 Å². The smallest absolute Gasteiger partial charge is 0.248 e. The minimum absolute atomic E-state index is 0.138. The van der Waals surface area contributed by atoms with Crippen LogP contribution in [0.2, 0.25) is 0 Å². The van der Waals surface area contributed by atoms with Crippen molar-refractivity contribution >= 4 is 10.9 Å². The van der Waals surface area contributed by atoms with Gasteiger partial charge in [0.1, 0.15) is 12.4 Å². The van der Waals surface area contributed by atoms with Gasteiger partial charge in [0, 0.05) is 41.8 Å². The van der Waals surface area contributed by atoms with Gasteiger partial charge >= 0.3 is 0 Å². The Morgan fingerprint density at radius 2 is 1.83 bits per heavy atom. The number of pyridine rings is 1. The summed E-state index contributed by atoms with van der Waals surface area (Å²) in [7, 11) is 3.26. The molecule has 7 nitrogen and oxygen atoms in total. The lowest BCUT2D eigenvalue weighted by molar-refractivity contribution is 0.106. The minimum atomic E-state index is -0.670. The van der Waals surface area contributed by atoms with Crippen LogP contribution in [0.5, 0.6) is 17.2 Å². The van der Waals surface area contributed by atoms with E-state index >= 15 is 0 Å². The molecule has 2 aromatic carbocycles. The molecule has 184 valence electrons. The molecular weight excluding hydrogens is 444 g/mol. The van der Waals surface area contributed by atoms with E-state index in [0.29, 0.717) is 30.2 Å². The summed E-state index contributed by atoms with van der Waals surface area (Å²) in [5.41, 5.74) is 4.04. The number of hydrogen-bond donors (Lipinski definition) is 2. The van der Waals surface area contributed by atoms with E-state index in [1.54, 1.807) is 26.4 Å². The number of nitrogens with one attached hydrogen (secondary N) is 1. The Morgan fingerprint density at radius 3 is 2.60 bits per heavy atom. The van der Waals surface area contributed by atoms with Gasteiger partial charge in [-0.05, 0) is 60.0 Å². The Morgan fingerprint density at radius 1 is 1.00 bits per heavy atom. The van der Waals surface area contributed by atoms with Crippen molar-refractivity contribution in [2.24, 2.45) is 0 Å². The lowest BCUT2D eigenvalue weighted by atomic mass is 10.1. The van der Waals surface area contributed by atoms with Crippen molar-refractivity contribution in [3.63, 3.8) is 0 Å². The second-order valence-electron chi connectivity index (χ2n) is 8.60. The standard InChI is InChI=1S/C28H32N2O5/c1-4-5-20-12-13-30(17-19-6-10-26(33-2)27(14-19)34-3)25(20)16-22(31)18-35-23-8-9-24-21(15-23)7-11-28(32)29-24/h6-15,22,31H,4-5,16-18H2,1-3H3,(H,29,32). The number of hydrogen-bond acceptors (Lipinski definition) is 5. The molecule has 0 amide bonds. The van der Waals surface area contributed by atoms with Crippen LogP contribution in [-0.4, -0.2) is 41.6 Å². The van der Waals surface area contributed by atoms with Crippen molar-refractivity contribution in [3.05, 3.63) is 88.0 Å². The highest BCUT2D eigenvalue weighted by atomic mass is 16.5. The zero-order valence-electron chi connectivity index (χ0n) is 20.4. The third-order valence-electron chi connectivity index (χ3n) is 6.06. The first-order valence-electron chi connectivity index (χ1n) is 11.8. The summed E-state index contributed by atoms with van der Waals surface area (Å²) in [4.78, 5) is 14.3. The minimum Gasteiger partial charge on any atom is -0.493 e. The van der Waals surface area contributed by atoms with E-state index in [1.165, 1.54) is 11.6 Å². The van der Waals surface area contributed by atoms with E-state index in [2.05, 4.69) is 28.7 Å². The maximum atomic E-state index is 11.5. The number of nitrogens with zero attached hydrogens (tertiary/aromatic N) is 1. The summed E-state index contributed by atoms with van der Waals surface area (Å²) in [6.07, 6.45) is 3.87. The molecule has 0 aliphatic rings. The Bertz CT molecular complexity index is 1340. The topological polar surface area (TPSA) is 85.7 Å². The molecular formula is C28H32N2O5. The summed E-state index contributed by atoms with van der Waals surface area (Å²) in [5.74, 6) is 2.04. The highest BCUT2D eigenvalue weighted by Crippen LogP contribution is 2.28. The molecule has 0 saturated heterocycles. The number of benzene rings is 2.